The third kappa shape index (κ3) is 12.3. The number of nitrogens with zero attached hydrogens (tertiary/aromatic N) is 6. The predicted molar refractivity (Wildman–Crippen MR) is 289 cm³/mol. The minimum atomic E-state index is -0.765. The highest BCUT2D eigenvalue weighted by molar-refractivity contribution is 5.95. The number of amides is 5. The number of piperazine rings is 1. The minimum Gasteiger partial charge on any atom is -0.375 e. The van der Waals surface area contributed by atoms with Crippen molar-refractivity contribution in [2.75, 3.05) is 78.6 Å². The molecule has 0 spiro atoms. The van der Waals surface area contributed by atoms with Crippen LogP contribution in [-0.4, -0.2) is 161 Å². The van der Waals surface area contributed by atoms with Gasteiger partial charge in [-0.25, -0.2) is 13.9 Å². The maximum absolute atomic E-state index is 15.0. The second-order valence-corrected chi connectivity index (χ2v) is 23.1. The van der Waals surface area contributed by atoms with Gasteiger partial charge in [0.2, 0.25) is 17.7 Å². The second kappa shape index (κ2) is 23.5. The van der Waals surface area contributed by atoms with Crippen LogP contribution in [0.15, 0.2) is 65.5 Å². The van der Waals surface area contributed by atoms with Crippen molar-refractivity contribution in [2.24, 2.45) is 17.1 Å². The van der Waals surface area contributed by atoms with Crippen LogP contribution in [0.3, 0.4) is 0 Å². The van der Waals surface area contributed by atoms with Gasteiger partial charge in [0.05, 0.1) is 58.6 Å². The molecule has 5 amide bonds. The first kappa shape index (κ1) is 54.3. The lowest BCUT2D eigenvalue weighted by Crippen LogP contribution is -2.54. The summed E-state index contributed by atoms with van der Waals surface area (Å²) in [4.78, 5) is 85.6. The molecule has 2 saturated carbocycles. The second-order valence-electron chi connectivity index (χ2n) is 23.1. The summed E-state index contributed by atoms with van der Waals surface area (Å²) in [6.07, 6.45) is 14.4. The van der Waals surface area contributed by atoms with Crippen molar-refractivity contribution in [1.82, 2.24) is 34.7 Å². The average molecular weight is 1070 g/mol. The fourth-order valence-corrected chi connectivity index (χ4v) is 13.4. The number of hydrogen-bond donors (Lipinski definition) is 2. The molecule has 416 valence electrons. The van der Waals surface area contributed by atoms with Crippen LogP contribution in [0.2, 0.25) is 0 Å². The van der Waals surface area contributed by atoms with Gasteiger partial charge in [-0.1, -0.05) is 55.7 Å². The van der Waals surface area contributed by atoms with Crippen LogP contribution < -0.4 is 11.3 Å². The van der Waals surface area contributed by atoms with Gasteiger partial charge in [0.1, 0.15) is 11.6 Å². The van der Waals surface area contributed by atoms with E-state index in [9.17, 15) is 37.5 Å². The smallest absolute Gasteiger partial charge is 0.272 e. The number of likely N-dealkylation sites (tertiary alicyclic amines) is 3. The minimum absolute atomic E-state index is 0. The Morgan fingerprint density at radius 1 is 0.740 bits per heavy atom. The Morgan fingerprint density at radius 3 is 2.10 bits per heavy atom. The summed E-state index contributed by atoms with van der Waals surface area (Å²) in [7, 11) is 0. The predicted octanol–water partition coefficient (Wildman–Crippen LogP) is 7.07. The van der Waals surface area contributed by atoms with Crippen LogP contribution >= 0.6 is 0 Å². The molecule has 8 aliphatic rings. The number of piperidine rings is 3. The Kier molecular flexibility index (Phi) is 16.5. The van der Waals surface area contributed by atoms with Crippen molar-refractivity contribution >= 4 is 40.3 Å². The number of fused-ring (bicyclic) bond motifs is 2. The first-order valence-corrected chi connectivity index (χ1v) is 28.1. The van der Waals surface area contributed by atoms with Crippen molar-refractivity contribution in [3.8, 4) is 0 Å². The first-order chi connectivity index (χ1) is 37.1. The maximum Gasteiger partial charge on any atom is 0.272 e. The van der Waals surface area contributed by atoms with Crippen LogP contribution in [0, 0.1) is 23.0 Å². The van der Waals surface area contributed by atoms with E-state index in [-0.39, 0.29) is 60.5 Å². The van der Waals surface area contributed by atoms with E-state index in [1.54, 1.807) is 46.2 Å². The molecular formula is C59H78F2N8O8. The van der Waals surface area contributed by atoms with Crippen LogP contribution in [0.1, 0.15) is 143 Å². The Hall–Kier alpha value is -6.11. The molecular weight excluding hydrogens is 987 g/mol. The van der Waals surface area contributed by atoms with Gasteiger partial charge in [-0.15, -0.1) is 0 Å². The molecule has 12 rings (SSSR count). The lowest BCUT2D eigenvalue weighted by molar-refractivity contribution is -0.147. The lowest BCUT2D eigenvalue weighted by atomic mass is 9.62. The molecule has 4 aromatic rings. The standard InChI is InChI=1S/C40H51FN6O5.C19H23FN2O3.2H2/c41-35-11-10-29(25-36-32-8-4-5-9-33(32)39(50)43-42-36)24-34(35)40(51)47-22-20-46(21-23-47)38(49)27-44-16-12-30(13-17-44)52-31-14-18-45(19-15-31)37(48)26-28-6-2-1-3-7-28;1-18-9-19(10-18,11-25-18)17(24)22-7-3-4-12(8-22)13-5-2-6-14(15(13)20)16(21)23;;/h4-5,8-11,24,28,30-31H,1-3,6-7,12-23,25-27H2,(H,43,50);2,5-6,12H,3-4,7-11H2,1H3,(H2,21,23);2*1H. The fourth-order valence-electron chi connectivity index (χ4n) is 13.4. The topological polar surface area (TPSA) is 192 Å². The summed E-state index contributed by atoms with van der Waals surface area (Å²) < 4.78 is 41.8. The Bertz CT molecular complexity index is 2890. The van der Waals surface area contributed by atoms with E-state index < -0.39 is 23.4 Å². The number of nitrogens with one attached hydrogen (secondary N) is 1. The number of carbonyl (C=O) groups excluding carboxylic acids is 5. The zero-order valence-corrected chi connectivity index (χ0v) is 44.5. The summed E-state index contributed by atoms with van der Waals surface area (Å²) in [5.41, 5.74) is 6.20. The van der Waals surface area contributed by atoms with E-state index in [1.807, 2.05) is 21.9 Å². The highest BCUT2D eigenvalue weighted by Crippen LogP contribution is 2.58. The molecule has 8 fully saturated rings. The molecule has 1 aromatic heterocycles. The first-order valence-electron chi connectivity index (χ1n) is 28.1. The van der Waals surface area contributed by atoms with Crippen LogP contribution in [0.25, 0.3) is 10.8 Å². The molecule has 7 heterocycles. The zero-order chi connectivity index (χ0) is 53.8. The Morgan fingerprint density at radius 2 is 1.42 bits per heavy atom. The third-order valence-corrected chi connectivity index (χ3v) is 17.6. The maximum atomic E-state index is 15.0. The van der Waals surface area contributed by atoms with Gasteiger partial charge in [-0.2, -0.15) is 5.10 Å². The number of halogens is 2. The number of aromatic nitrogens is 2. The number of rotatable bonds is 12. The molecule has 3 aromatic carbocycles. The van der Waals surface area contributed by atoms with Crippen molar-refractivity contribution in [2.45, 2.75) is 127 Å². The highest BCUT2D eigenvalue weighted by atomic mass is 19.1. The molecule has 3 N–H and O–H groups in total. The van der Waals surface area contributed by atoms with Crippen molar-refractivity contribution in [3.05, 3.63) is 111 Å². The summed E-state index contributed by atoms with van der Waals surface area (Å²) in [5, 5.41) is 7.99. The zero-order valence-electron chi connectivity index (χ0n) is 44.5. The summed E-state index contributed by atoms with van der Waals surface area (Å²) in [6.45, 7) is 8.72. The SMILES string of the molecule is CC12CC(C(=O)N3CCCC(c4cccc(C(N)=O)c4F)C3)(CO1)C2.O=C(CC1CCCCC1)N1CCC(OC2CCN(CC(=O)N3CCN(C(=O)c4cc(Cc5n[nH]c(=O)c6ccccc56)ccc4F)CC3)CC2)CC1.[HH].[HH]. The van der Waals surface area contributed by atoms with Crippen molar-refractivity contribution in [1.29, 1.82) is 0 Å². The molecule has 6 saturated heterocycles. The van der Waals surface area contributed by atoms with E-state index in [0.717, 1.165) is 77.5 Å². The number of carbonyl (C=O) groups is 5. The monoisotopic (exact) mass is 1060 g/mol. The lowest BCUT2D eigenvalue weighted by Gasteiger charge is -2.45. The van der Waals surface area contributed by atoms with Gasteiger partial charge in [0.15, 0.2) is 0 Å². The van der Waals surface area contributed by atoms with Crippen LogP contribution in [0.5, 0.6) is 0 Å². The molecule has 0 radical (unpaired) electrons. The van der Waals surface area contributed by atoms with Crippen molar-refractivity contribution in [3.63, 3.8) is 0 Å². The average Bonchev–Trinajstić information content (AvgIpc) is 4.22. The summed E-state index contributed by atoms with van der Waals surface area (Å²) >= 11 is 0. The van der Waals surface area contributed by atoms with Crippen LogP contribution in [0.4, 0.5) is 8.78 Å². The summed E-state index contributed by atoms with van der Waals surface area (Å²) in [6, 6.07) is 16.4. The number of nitrogens with two attached hydrogens (primary N) is 1. The van der Waals surface area contributed by atoms with E-state index in [2.05, 4.69) is 22.0 Å². The summed E-state index contributed by atoms with van der Waals surface area (Å²) in [5.74, 6) is -1.34. The number of primary amides is 1. The number of hydrogen-bond acceptors (Lipinski definition) is 10. The normalized spacial score (nSPS) is 24.5. The number of ether oxygens (including phenoxy) is 2. The van der Waals surface area contributed by atoms with Gasteiger partial charge in [0, 0.05) is 92.4 Å². The Labute approximate surface area is 451 Å². The third-order valence-electron chi connectivity index (χ3n) is 17.6. The van der Waals surface area contributed by atoms with Gasteiger partial charge >= 0.3 is 0 Å². The molecule has 1 atom stereocenters. The fraction of sp³-hybridized carbons (Fsp3) is 0.576. The molecule has 2 bridgehead atoms. The number of benzene rings is 3. The van der Waals surface area contributed by atoms with Crippen LogP contribution in [-0.2, 0) is 30.3 Å². The van der Waals surface area contributed by atoms with Crippen molar-refractivity contribution < 1.29 is 45.1 Å². The molecule has 1 unspecified atom stereocenters. The number of aromatic amines is 1. The molecule has 16 nitrogen and oxygen atoms in total. The van der Waals surface area contributed by atoms with Gasteiger partial charge in [-0.3, -0.25) is 33.7 Å². The molecule has 2 aliphatic carbocycles. The molecule has 6 aliphatic heterocycles. The highest BCUT2D eigenvalue weighted by Gasteiger charge is 2.64. The molecule has 77 heavy (non-hydrogen) atoms. The number of H-pyrrole nitrogens is 1. The van der Waals surface area contributed by atoms with E-state index >= 15 is 0 Å². The van der Waals surface area contributed by atoms with Gasteiger partial charge in [-0.05, 0) is 112 Å². The quantitative estimate of drug-likeness (QED) is 0.148. The molecule has 18 heteroatoms. The van der Waals surface area contributed by atoms with E-state index in [0.29, 0.717) is 105 Å². The largest absolute Gasteiger partial charge is 0.375 e. The van der Waals surface area contributed by atoms with Gasteiger partial charge in [0.25, 0.3) is 17.4 Å². The van der Waals surface area contributed by atoms with E-state index in [1.165, 1.54) is 44.2 Å². The van der Waals surface area contributed by atoms with Gasteiger partial charge < -0.3 is 34.8 Å². The van der Waals surface area contributed by atoms with E-state index in [4.69, 9.17) is 15.2 Å². The Balaban J connectivity index is 0.000000255.